The van der Waals surface area contributed by atoms with Crippen LogP contribution in [-0.4, -0.2) is 9.13 Å². The minimum atomic E-state index is -0.338. The summed E-state index contributed by atoms with van der Waals surface area (Å²) < 4.78 is 10.8. The van der Waals surface area contributed by atoms with Gasteiger partial charge in [0.05, 0.1) is 27.5 Å². The smallest absolute Gasteiger partial charge is 0.346 e. The molecule has 0 N–H and O–H groups in total. The number of nitrogens with zero attached hydrogens (tertiary/aromatic N) is 2. The Morgan fingerprint density at radius 3 is 1.49 bits per heavy atom. The molecule has 4 nitrogen and oxygen atoms in total. The zero-order valence-corrected chi connectivity index (χ0v) is 21.9. The summed E-state index contributed by atoms with van der Waals surface area (Å²) >= 11 is 0. The Kier molecular flexibility index (Phi) is 4.44. The van der Waals surface area contributed by atoms with Crippen LogP contribution < -0.4 is 5.63 Å². The van der Waals surface area contributed by atoms with E-state index in [2.05, 4.69) is 88.0 Å². The summed E-state index contributed by atoms with van der Waals surface area (Å²) in [5.41, 5.74) is 6.19. The lowest BCUT2D eigenvalue weighted by molar-refractivity contribution is 0.572. The zero-order valence-electron chi connectivity index (χ0n) is 21.9. The molecule has 0 aliphatic carbocycles. The highest BCUT2D eigenvalue weighted by Crippen LogP contribution is 2.41. The molecule has 9 rings (SSSR count). The molecule has 0 saturated heterocycles. The van der Waals surface area contributed by atoms with E-state index in [9.17, 15) is 4.79 Å². The van der Waals surface area contributed by atoms with Crippen molar-refractivity contribution in [2.45, 2.75) is 0 Å². The molecule has 0 saturated carbocycles. The van der Waals surface area contributed by atoms with Crippen LogP contribution in [0, 0.1) is 0 Å². The largest absolute Gasteiger partial charge is 0.420 e. The Morgan fingerprint density at radius 2 is 0.878 bits per heavy atom. The van der Waals surface area contributed by atoms with Gasteiger partial charge in [-0.15, -0.1) is 0 Å². The van der Waals surface area contributed by atoms with E-state index >= 15 is 0 Å². The minimum absolute atomic E-state index is 0.338. The van der Waals surface area contributed by atoms with Crippen molar-refractivity contribution in [2.24, 2.45) is 0 Å². The summed E-state index contributed by atoms with van der Waals surface area (Å²) in [4.78, 5) is 14.2. The van der Waals surface area contributed by atoms with Gasteiger partial charge >= 0.3 is 5.63 Å². The first-order chi connectivity index (χ1) is 20.3. The number of hydrogen-bond acceptors (Lipinski definition) is 2. The Bertz CT molecular complexity index is 2540. The van der Waals surface area contributed by atoms with Crippen molar-refractivity contribution in [3.05, 3.63) is 144 Å². The average molecular weight is 527 g/mol. The van der Waals surface area contributed by atoms with Gasteiger partial charge in [-0.3, -0.25) is 0 Å². The molecule has 6 aromatic carbocycles. The third-order valence-corrected chi connectivity index (χ3v) is 8.34. The van der Waals surface area contributed by atoms with Crippen molar-refractivity contribution >= 4 is 65.4 Å². The van der Waals surface area contributed by atoms with Crippen LogP contribution in [0.3, 0.4) is 0 Å². The van der Waals surface area contributed by atoms with Gasteiger partial charge in [-0.25, -0.2) is 4.79 Å². The summed E-state index contributed by atoms with van der Waals surface area (Å²) in [6.07, 6.45) is 0. The Morgan fingerprint density at radius 1 is 0.415 bits per heavy atom. The van der Waals surface area contributed by atoms with Gasteiger partial charge in [-0.1, -0.05) is 91.0 Å². The number of fused-ring (bicyclic) bond motifs is 11. The molecule has 0 amide bonds. The molecule has 0 aliphatic heterocycles. The minimum Gasteiger partial charge on any atom is -0.420 e. The van der Waals surface area contributed by atoms with Crippen LogP contribution in [0.1, 0.15) is 0 Å². The predicted octanol–water partition coefficient (Wildman–Crippen LogP) is 9.14. The van der Waals surface area contributed by atoms with E-state index in [1.54, 1.807) is 0 Å². The first kappa shape index (κ1) is 22.2. The van der Waals surface area contributed by atoms with E-state index in [0.29, 0.717) is 11.0 Å². The maximum Gasteiger partial charge on any atom is 0.346 e. The van der Waals surface area contributed by atoms with Crippen LogP contribution in [-0.2, 0) is 0 Å². The molecule has 0 aliphatic rings. The highest BCUT2D eigenvalue weighted by atomic mass is 16.4. The summed E-state index contributed by atoms with van der Waals surface area (Å²) in [5, 5.41) is 6.70. The molecular weight excluding hydrogens is 504 g/mol. The molecule has 192 valence electrons. The molecule has 3 heterocycles. The maximum atomic E-state index is 14.2. The van der Waals surface area contributed by atoms with E-state index < -0.39 is 0 Å². The second-order valence-corrected chi connectivity index (χ2v) is 10.5. The molecule has 0 spiro atoms. The van der Waals surface area contributed by atoms with Gasteiger partial charge in [-0.05, 0) is 42.5 Å². The summed E-state index contributed by atoms with van der Waals surface area (Å²) in [6, 6.07) is 45.6. The second-order valence-electron chi connectivity index (χ2n) is 10.5. The highest BCUT2D eigenvalue weighted by molar-refractivity contribution is 6.25. The summed E-state index contributed by atoms with van der Waals surface area (Å²) in [5.74, 6) is 0. The molecule has 0 fully saturated rings. The Balaban J connectivity index is 1.51. The van der Waals surface area contributed by atoms with Gasteiger partial charge in [-0.2, -0.15) is 0 Å². The van der Waals surface area contributed by atoms with Gasteiger partial charge in [0.15, 0.2) is 5.58 Å². The molecule has 0 unspecified atom stereocenters. The number of aromatic nitrogens is 2. The van der Waals surface area contributed by atoms with Crippen molar-refractivity contribution in [1.82, 2.24) is 9.13 Å². The molecule has 0 atom stereocenters. The Hall–Kier alpha value is -5.61. The number of benzene rings is 6. The first-order valence-electron chi connectivity index (χ1n) is 13.8. The average Bonchev–Trinajstić information content (AvgIpc) is 3.55. The molecule has 0 radical (unpaired) electrons. The Labute approximate surface area is 233 Å². The van der Waals surface area contributed by atoms with Gasteiger partial charge in [0.2, 0.25) is 0 Å². The molecule has 41 heavy (non-hydrogen) atoms. The van der Waals surface area contributed by atoms with Gasteiger partial charge < -0.3 is 13.6 Å². The fourth-order valence-electron chi connectivity index (χ4n) is 6.67. The van der Waals surface area contributed by atoms with Crippen molar-refractivity contribution in [3.8, 4) is 11.4 Å². The zero-order chi connectivity index (χ0) is 27.1. The van der Waals surface area contributed by atoms with E-state index in [0.717, 1.165) is 65.8 Å². The first-order valence-corrected chi connectivity index (χ1v) is 13.8. The molecule has 0 bridgehead atoms. The van der Waals surface area contributed by atoms with E-state index in [1.807, 2.05) is 54.6 Å². The lowest BCUT2D eigenvalue weighted by Crippen LogP contribution is -2.04. The third-order valence-electron chi connectivity index (χ3n) is 8.34. The fourth-order valence-corrected chi connectivity index (χ4v) is 6.67. The number of hydrogen-bond donors (Lipinski definition) is 0. The van der Waals surface area contributed by atoms with Crippen molar-refractivity contribution in [1.29, 1.82) is 0 Å². The molecule has 4 heteroatoms. The van der Waals surface area contributed by atoms with Crippen LogP contribution in [0.15, 0.2) is 143 Å². The SMILES string of the molecule is O=c1oc2c(ccc3c4ccccc4n(-c4ccccc4)c32)c2ccc3c4ccccc4n(-c4ccccc4)c3c12. The van der Waals surface area contributed by atoms with Gasteiger partial charge in [0.25, 0.3) is 0 Å². The lowest BCUT2D eigenvalue weighted by Gasteiger charge is -2.12. The van der Waals surface area contributed by atoms with Crippen LogP contribution in [0.5, 0.6) is 0 Å². The monoisotopic (exact) mass is 526 g/mol. The fraction of sp³-hybridized carbons (Fsp3) is 0. The summed E-state index contributed by atoms with van der Waals surface area (Å²) in [6.45, 7) is 0. The van der Waals surface area contributed by atoms with Gasteiger partial charge in [0.1, 0.15) is 0 Å². The second kappa shape index (κ2) is 8.20. The van der Waals surface area contributed by atoms with Gasteiger partial charge in [0, 0.05) is 43.7 Å². The molecule has 9 aromatic rings. The van der Waals surface area contributed by atoms with Crippen molar-refractivity contribution in [3.63, 3.8) is 0 Å². The summed E-state index contributed by atoms with van der Waals surface area (Å²) in [7, 11) is 0. The standard InChI is InChI=1S/C37H22N2O2/c40-37-33-27(19-20-28-25-15-7-9-17-31(25)38(34(28)33)23-11-3-1-4-12-23)30-22-21-29-26-16-8-10-18-32(26)39(35(29)36(30)41-37)24-13-5-2-6-14-24/h1-22H. The van der Waals surface area contributed by atoms with Crippen LogP contribution in [0.25, 0.3) is 76.7 Å². The highest BCUT2D eigenvalue weighted by Gasteiger charge is 2.22. The number of rotatable bonds is 2. The quantitative estimate of drug-likeness (QED) is 0.166. The van der Waals surface area contributed by atoms with E-state index in [-0.39, 0.29) is 5.63 Å². The molecular formula is C37H22N2O2. The van der Waals surface area contributed by atoms with Crippen LogP contribution in [0.2, 0.25) is 0 Å². The van der Waals surface area contributed by atoms with Crippen LogP contribution >= 0.6 is 0 Å². The third kappa shape index (κ3) is 2.96. The van der Waals surface area contributed by atoms with Crippen molar-refractivity contribution < 1.29 is 4.42 Å². The lowest BCUT2D eigenvalue weighted by atomic mass is 10.0. The molecule has 3 aromatic heterocycles. The predicted molar refractivity (Wildman–Crippen MR) is 169 cm³/mol. The normalized spacial score (nSPS) is 12.0. The van der Waals surface area contributed by atoms with Crippen molar-refractivity contribution in [2.75, 3.05) is 0 Å². The van der Waals surface area contributed by atoms with E-state index in [4.69, 9.17) is 4.42 Å². The maximum absolute atomic E-state index is 14.2. The topological polar surface area (TPSA) is 40.1 Å². The van der Waals surface area contributed by atoms with Crippen LogP contribution in [0.4, 0.5) is 0 Å². The van der Waals surface area contributed by atoms with E-state index in [1.165, 1.54) is 0 Å². The number of para-hydroxylation sites is 4.